The highest BCUT2D eigenvalue weighted by Crippen LogP contribution is 2.40. The fourth-order valence-electron chi connectivity index (χ4n) is 2.20. The van der Waals surface area contributed by atoms with Crippen LogP contribution in [0.4, 0.5) is 10.8 Å². The minimum Gasteiger partial charge on any atom is -0.382 e. The molecular weight excluding hydrogens is 268 g/mol. The van der Waals surface area contributed by atoms with Gasteiger partial charge in [0.15, 0.2) is 0 Å². The van der Waals surface area contributed by atoms with Crippen molar-refractivity contribution in [3.63, 3.8) is 0 Å². The highest BCUT2D eigenvalue weighted by Gasteiger charge is 2.21. The van der Waals surface area contributed by atoms with Crippen molar-refractivity contribution in [2.24, 2.45) is 5.92 Å². The second-order valence-electron chi connectivity index (χ2n) is 5.62. The molecule has 0 unspecified atom stereocenters. The Balaban J connectivity index is 2.47. The van der Waals surface area contributed by atoms with Gasteiger partial charge in [-0.2, -0.15) is 4.37 Å². The average molecular weight is 290 g/mol. The average Bonchev–Trinajstić information content (AvgIpc) is 2.78. The van der Waals surface area contributed by atoms with Gasteiger partial charge in [-0.25, -0.2) is 0 Å². The van der Waals surface area contributed by atoms with Crippen LogP contribution in [0.5, 0.6) is 0 Å². The van der Waals surface area contributed by atoms with E-state index in [0.717, 1.165) is 22.7 Å². The molecule has 0 fully saturated rings. The number of nitrogens with two attached hydrogens (primary N) is 1. The highest BCUT2D eigenvalue weighted by molar-refractivity contribution is 7.11. The zero-order valence-electron chi connectivity index (χ0n) is 12.5. The summed E-state index contributed by atoms with van der Waals surface area (Å²) in [6, 6.07) is 4.38. The summed E-state index contributed by atoms with van der Waals surface area (Å²) < 4.78 is 4.36. The van der Waals surface area contributed by atoms with Crippen molar-refractivity contribution in [3.8, 4) is 11.1 Å². The van der Waals surface area contributed by atoms with Crippen molar-refractivity contribution in [1.29, 1.82) is 0 Å². The molecule has 2 heterocycles. The number of aromatic nitrogens is 2. The fraction of sp³-hybridized carbons (Fsp3) is 0.467. The Morgan fingerprint density at radius 3 is 2.40 bits per heavy atom. The SMILES string of the molecule is CC(C)CN(c1snc(N)c1-c1ccncc1)C(C)C. The van der Waals surface area contributed by atoms with Crippen LogP contribution in [-0.4, -0.2) is 21.9 Å². The van der Waals surface area contributed by atoms with Gasteiger partial charge >= 0.3 is 0 Å². The van der Waals surface area contributed by atoms with Crippen LogP contribution in [0, 0.1) is 5.92 Å². The minimum absolute atomic E-state index is 0.415. The van der Waals surface area contributed by atoms with Crippen LogP contribution in [0.2, 0.25) is 0 Å². The van der Waals surface area contributed by atoms with Gasteiger partial charge in [0.1, 0.15) is 10.8 Å². The largest absolute Gasteiger partial charge is 0.382 e. The third-order valence-corrected chi connectivity index (χ3v) is 4.02. The van der Waals surface area contributed by atoms with Crippen LogP contribution in [0.3, 0.4) is 0 Å². The molecule has 2 aromatic rings. The lowest BCUT2D eigenvalue weighted by atomic mass is 10.1. The number of pyridine rings is 1. The van der Waals surface area contributed by atoms with Gasteiger partial charge in [-0.1, -0.05) is 13.8 Å². The lowest BCUT2D eigenvalue weighted by Crippen LogP contribution is -2.33. The van der Waals surface area contributed by atoms with E-state index in [1.807, 2.05) is 12.1 Å². The Labute approximate surface area is 124 Å². The summed E-state index contributed by atoms with van der Waals surface area (Å²) >= 11 is 1.48. The molecule has 108 valence electrons. The predicted molar refractivity (Wildman–Crippen MR) is 87.1 cm³/mol. The van der Waals surface area contributed by atoms with Crippen LogP contribution in [-0.2, 0) is 0 Å². The number of rotatable bonds is 5. The fourth-order valence-corrected chi connectivity index (χ4v) is 3.18. The molecule has 0 aliphatic heterocycles. The summed E-state index contributed by atoms with van der Waals surface area (Å²) in [5, 5.41) is 1.15. The third-order valence-electron chi connectivity index (χ3n) is 3.12. The van der Waals surface area contributed by atoms with Crippen LogP contribution in [0.1, 0.15) is 27.7 Å². The Morgan fingerprint density at radius 1 is 1.20 bits per heavy atom. The van der Waals surface area contributed by atoms with Crippen molar-refractivity contribution in [1.82, 2.24) is 9.36 Å². The Hall–Kier alpha value is -1.62. The van der Waals surface area contributed by atoms with E-state index in [-0.39, 0.29) is 0 Å². The number of nitrogen functional groups attached to an aromatic ring is 1. The molecule has 0 atom stereocenters. The summed E-state index contributed by atoms with van der Waals surface area (Å²) in [5.74, 6) is 1.19. The van der Waals surface area contributed by atoms with E-state index in [4.69, 9.17) is 5.73 Å². The molecule has 4 nitrogen and oxygen atoms in total. The molecule has 0 radical (unpaired) electrons. The molecule has 0 aliphatic carbocycles. The van der Waals surface area contributed by atoms with Gasteiger partial charge in [0.25, 0.3) is 0 Å². The molecule has 0 saturated carbocycles. The smallest absolute Gasteiger partial charge is 0.147 e. The standard InChI is InChI=1S/C15H22N4S/c1-10(2)9-19(11(3)4)15-13(14(16)18-20-15)12-5-7-17-8-6-12/h5-8,10-11H,9H2,1-4H3,(H2,16,18). The van der Waals surface area contributed by atoms with Gasteiger partial charge in [-0.05, 0) is 49.0 Å². The zero-order valence-corrected chi connectivity index (χ0v) is 13.3. The molecule has 0 aliphatic rings. The molecule has 0 aromatic carbocycles. The van der Waals surface area contributed by atoms with Crippen LogP contribution >= 0.6 is 11.5 Å². The number of hydrogen-bond donors (Lipinski definition) is 1. The van der Waals surface area contributed by atoms with E-state index in [0.29, 0.717) is 17.8 Å². The van der Waals surface area contributed by atoms with Crippen molar-refractivity contribution in [2.75, 3.05) is 17.2 Å². The lowest BCUT2D eigenvalue weighted by molar-refractivity contribution is 0.574. The molecule has 0 bridgehead atoms. The van der Waals surface area contributed by atoms with Crippen molar-refractivity contribution in [2.45, 2.75) is 33.7 Å². The molecule has 20 heavy (non-hydrogen) atoms. The first-order chi connectivity index (χ1) is 9.50. The van der Waals surface area contributed by atoms with Crippen molar-refractivity contribution >= 4 is 22.4 Å². The summed E-state index contributed by atoms with van der Waals surface area (Å²) in [6.07, 6.45) is 3.58. The third kappa shape index (κ3) is 3.10. The highest BCUT2D eigenvalue weighted by atomic mass is 32.1. The van der Waals surface area contributed by atoms with Gasteiger partial charge < -0.3 is 10.6 Å². The maximum atomic E-state index is 6.09. The monoisotopic (exact) mass is 290 g/mol. The summed E-state index contributed by atoms with van der Waals surface area (Å²) in [6.45, 7) is 9.86. The van der Waals surface area contributed by atoms with Crippen molar-refractivity contribution < 1.29 is 0 Å². The minimum atomic E-state index is 0.415. The normalized spacial score (nSPS) is 11.3. The first-order valence-corrected chi connectivity index (χ1v) is 7.70. The predicted octanol–water partition coefficient (Wildman–Crippen LogP) is 3.66. The van der Waals surface area contributed by atoms with Crippen LogP contribution in [0.25, 0.3) is 11.1 Å². The van der Waals surface area contributed by atoms with Gasteiger partial charge in [0.05, 0.1) is 5.56 Å². The Morgan fingerprint density at radius 2 is 1.85 bits per heavy atom. The Bertz CT molecular complexity index is 548. The molecule has 2 N–H and O–H groups in total. The molecule has 0 amide bonds. The zero-order chi connectivity index (χ0) is 14.7. The number of hydrogen-bond acceptors (Lipinski definition) is 5. The van der Waals surface area contributed by atoms with Crippen LogP contribution < -0.4 is 10.6 Å². The molecular formula is C15H22N4S. The summed E-state index contributed by atoms with van der Waals surface area (Å²) in [5.41, 5.74) is 8.21. The molecule has 2 aromatic heterocycles. The van der Waals surface area contributed by atoms with Gasteiger partial charge in [-0.15, -0.1) is 0 Å². The number of nitrogens with zero attached hydrogens (tertiary/aromatic N) is 3. The van der Waals surface area contributed by atoms with Gasteiger partial charge in [-0.3, -0.25) is 4.98 Å². The van der Waals surface area contributed by atoms with E-state index in [9.17, 15) is 0 Å². The van der Waals surface area contributed by atoms with Crippen LogP contribution in [0.15, 0.2) is 24.5 Å². The second-order valence-corrected chi connectivity index (χ2v) is 6.38. The van der Waals surface area contributed by atoms with E-state index in [1.54, 1.807) is 12.4 Å². The topological polar surface area (TPSA) is 55.0 Å². The summed E-state index contributed by atoms with van der Waals surface area (Å²) in [7, 11) is 0. The maximum Gasteiger partial charge on any atom is 0.147 e. The lowest BCUT2D eigenvalue weighted by Gasteiger charge is -2.30. The Kier molecular flexibility index (Phi) is 4.60. The maximum absolute atomic E-state index is 6.09. The quantitative estimate of drug-likeness (QED) is 0.913. The molecule has 0 saturated heterocycles. The molecule has 5 heteroatoms. The molecule has 2 rings (SSSR count). The van der Waals surface area contributed by atoms with E-state index in [1.165, 1.54) is 11.5 Å². The van der Waals surface area contributed by atoms with E-state index in [2.05, 4.69) is 42.0 Å². The van der Waals surface area contributed by atoms with E-state index >= 15 is 0 Å². The second kappa shape index (κ2) is 6.22. The summed E-state index contributed by atoms with van der Waals surface area (Å²) in [4.78, 5) is 6.45. The number of anilines is 2. The molecule has 0 spiro atoms. The van der Waals surface area contributed by atoms with Crippen molar-refractivity contribution in [3.05, 3.63) is 24.5 Å². The van der Waals surface area contributed by atoms with E-state index < -0.39 is 0 Å². The van der Waals surface area contributed by atoms with Gasteiger partial charge in [0.2, 0.25) is 0 Å². The first kappa shape index (κ1) is 14.8. The first-order valence-electron chi connectivity index (χ1n) is 6.93. The van der Waals surface area contributed by atoms with Gasteiger partial charge in [0, 0.05) is 25.0 Å².